The van der Waals surface area contributed by atoms with Gasteiger partial charge in [0.15, 0.2) is 5.78 Å². The zero-order valence-electron chi connectivity index (χ0n) is 16.0. The highest BCUT2D eigenvalue weighted by Gasteiger charge is 2.30. The monoisotopic (exact) mass is 393 g/mol. The van der Waals surface area contributed by atoms with Crippen LogP contribution in [0.5, 0.6) is 0 Å². The van der Waals surface area contributed by atoms with E-state index in [4.69, 9.17) is 4.74 Å². The van der Waals surface area contributed by atoms with Crippen LogP contribution in [0.25, 0.3) is 0 Å². The first kappa shape index (κ1) is 21.1. The number of nitrogens with one attached hydrogen (secondary N) is 1. The number of rotatable bonds is 4. The van der Waals surface area contributed by atoms with Gasteiger partial charge in [0.05, 0.1) is 6.54 Å². The molecule has 0 unspecified atom stereocenters. The number of ketones is 1. The van der Waals surface area contributed by atoms with E-state index in [0.717, 1.165) is 4.31 Å². The molecular formula is C19H27N3O4S. The molecule has 1 saturated heterocycles. The Kier molecular flexibility index (Phi) is 7.12. The van der Waals surface area contributed by atoms with Crippen LogP contribution in [0.2, 0.25) is 0 Å². The first-order valence-electron chi connectivity index (χ1n) is 8.99. The first-order valence-corrected chi connectivity index (χ1v) is 9.39. The summed E-state index contributed by atoms with van der Waals surface area (Å²) in [6.07, 6.45) is 0.756. The molecule has 0 aliphatic carbocycles. The van der Waals surface area contributed by atoms with Gasteiger partial charge in [-0.25, -0.2) is 9.59 Å². The van der Waals surface area contributed by atoms with E-state index in [1.54, 1.807) is 17.0 Å². The average Bonchev–Trinajstić information content (AvgIpc) is 2.61. The summed E-state index contributed by atoms with van der Waals surface area (Å²) in [7, 11) is 0. The number of thiol groups is 1. The van der Waals surface area contributed by atoms with Crippen LogP contribution < -0.4 is 5.32 Å². The van der Waals surface area contributed by atoms with Crippen LogP contribution in [0.4, 0.5) is 15.3 Å². The molecule has 1 fully saturated rings. The fourth-order valence-corrected chi connectivity index (χ4v) is 2.96. The van der Waals surface area contributed by atoms with E-state index in [1.807, 2.05) is 39.0 Å². The minimum absolute atomic E-state index is 0.0583. The van der Waals surface area contributed by atoms with Gasteiger partial charge in [-0.3, -0.25) is 9.10 Å². The van der Waals surface area contributed by atoms with Crippen molar-refractivity contribution in [3.05, 3.63) is 30.3 Å². The summed E-state index contributed by atoms with van der Waals surface area (Å²) in [5.41, 5.74) is 0.0993. The highest BCUT2D eigenvalue weighted by atomic mass is 32.1. The van der Waals surface area contributed by atoms with Crippen molar-refractivity contribution in [3.8, 4) is 0 Å². The van der Waals surface area contributed by atoms with E-state index in [-0.39, 0.29) is 24.3 Å². The van der Waals surface area contributed by atoms with Crippen molar-refractivity contribution in [3.63, 3.8) is 0 Å². The van der Waals surface area contributed by atoms with E-state index < -0.39 is 11.6 Å². The van der Waals surface area contributed by atoms with Crippen molar-refractivity contribution in [2.24, 2.45) is 5.92 Å². The Morgan fingerprint density at radius 2 is 1.78 bits per heavy atom. The molecule has 0 saturated carbocycles. The summed E-state index contributed by atoms with van der Waals surface area (Å²) in [5, 5.41) is 2.68. The molecule has 8 heteroatoms. The summed E-state index contributed by atoms with van der Waals surface area (Å²) < 4.78 is 6.43. The largest absolute Gasteiger partial charge is 0.444 e. The third-order valence-electron chi connectivity index (χ3n) is 4.17. The van der Waals surface area contributed by atoms with Gasteiger partial charge in [0.2, 0.25) is 0 Å². The molecule has 0 atom stereocenters. The highest BCUT2D eigenvalue weighted by Crippen LogP contribution is 2.21. The molecule has 7 nitrogen and oxygen atoms in total. The molecule has 1 aromatic rings. The van der Waals surface area contributed by atoms with Gasteiger partial charge in [0.25, 0.3) is 0 Å². The van der Waals surface area contributed by atoms with Gasteiger partial charge >= 0.3 is 12.1 Å². The Morgan fingerprint density at radius 1 is 1.19 bits per heavy atom. The van der Waals surface area contributed by atoms with E-state index in [0.29, 0.717) is 31.6 Å². The molecule has 148 valence electrons. The Hall–Kier alpha value is -2.22. The predicted molar refractivity (Wildman–Crippen MR) is 107 cm³/mol. The number of hydrogen-bond donors (Lipinski definition) is 2. The van der Waals surface area contributed by atoms with Gasteiger partial charge in [-0.2, -0.15) is 0 Å². The second-order valence-corrected chi connectivity index (χ2v) is 8.04. The second kappa shape index (κ2) is 9.12. The van der Waals surface area contributed by atoms with Crippen molar-refractivity contribution in [2.45, 2.75) is 39.2 Å². The number of Topliss-reactive ketones (excluding diaryl/α,β-unsaturated/α-hetero) is 1. The number of hydrogen-bond acceptors (Lipinski definition) is 5. The molecule has 1 aromatic carbocycles. The average molecular weight is 394 g/mol. The topological polar surface area (TPSA) is 79.0 Å². The van der Waals surface area contributed by atoms with Crippen molar-refractivity contribution in [1.82, 2.24) is 9.21 Å². The molecular weight excluding hydrogens is 366 g/mol. The number of amides is 3. The maximum absolute atomic E-state index is 12.5. The number of para-hydroxylation sites is 1. The lowest BCUT2D eigenvalue weighted by atomic mass is 9.92. The lowest BCUT2D eigenvalue weighted by Gasteiger charge is -2.33. The van der Waals surface area contributed by atoms with Gasteiger partial charge in [-0.05, 0) is 45.7 Å². The molecule has 3 amide bonds. The second-order valence-electron chi connectivity index (χ2n) is 7.56. The number of carbonyl (C=O) groups is 3. The van der Waals surface area contributed by atoms with Crippen LogP contribution in [0, 0.1) is 5.92 Å². The highest BCUT2D eigenvalue weighted by molar-refractivity contribution is 7.78. The Bertz CT molecular complexity index is 667. The van der Waals surface area contributed by atoms with E-state index in [9.17, 15) is 14.4 Å². The summed E-state index contributed by atoms with van der Waals surface area (Å²) in [6.45, 7) is 6.32. The van der Waals surface area contributed by atoms with Gasteiger partial charge in [0, 0.05) is 24.7 Å². The molecule has 1 heterocycles. The number of benzene rings is 1. The molecule has 0 spiro atoms. The van der Waals surface area contributed by atoms with Crippen LogP contribution in [-0.2, 0) is 9.53 Å². The molecule has 1 aliphatic heterocycles. The number of carbonyl (C=O) groups excluding carboxylic acids is 3. The molecule has 0 bridgehead atoms. The number of ether oxygens (including phenoxy) is 1. The number of piperidine rings is 1. The van der Waals surface area contributed by atoms with Crippen molar-refractivity contribution >= 4 is 36.4 Å². The van der Waals surface area contributed by atoms with Gasteiger partial charge in [0.1, 0.15) is 5.60 Å². The van der Waals surface area contributed by atoms with Crippen molar-refractivity contribution < 1.29 is 19.1 Å². The molecule has 1 N–H and O–H groups in total. The fourth-order valence-electron chi connectivity index (χ4n) is 2.77. The minimum atomic E-state index is -0.539. The molecule has 0 radical (unpaired) electrons. The Morgan fingerprint density at radius 3 is 2.33 bits per heavy atom. The number of anilines is 1. The summed E-state index contributed by atoms with van der Waals surface area (Å²) in [4.78, 5) is 38.3. The summed E-state index contributed by atoms with van der Waals surface area (Å²) in [5.74, 6) is -0.250. The third kappa shape index (κ3) is 6.78. The lowest BCUT2D eigenvalue weighted by molar-refractivity contribution is -0.124. The zero-order valence-corrected chi connectivity index (χ0v) is 16.9. The SMILES string of the molecule is CC(C)(C)OC(=O)N1CCC(C(=O)CN(S)C(=O)Nc2ccccc2)CC1. The quantitative estimate of drug-likeness (QED) is 0.767. The third-order valence-corrected chi connectivity index (χ3v) is 4.49. The van der Waals surface area contributed by atoms with Gasteiger partial charge in [-0.1, -0.05) is 31.0 Å². The summed E-state index contributed by atoms with van der Waals surface area (Å²) in [6, 6.07) is 8.52. The van der Waals surface area contributed by atoms with E-state index in [2.05, 4.69) is 18.1 Å². The standard InChI is InChI=1S/C19H27N3O4S/c1-19(2,3)26-18(25)21-11-9-14(10-12-21)16(23)13-22(27)17(24)20-15-7-5-4-6-8-15/h4-8,14,27H,9-13H2,1-3H3,(H,20,24). The summed E-state index contributed by atoms with van der Waals surface area (Å²) >= 11 is 4.13. The van der Waals surface area contributed by atoms with E-state index >= 15 is 0 Å². The molecule has 0 aromatic heterocycles. The number of nitrogens with zero attached hydrogens (tertiary/aromatic N) is 2. The van der Waals surface area contributed by atoms with E-state index in [1.165, 1.54) is 0 Å². The minimum Gasteiger partial charge on any atom is -0.444 e. The first-order chi connectivity index (χ1) is 12.7. The van der Waals surface area contributed by atoms with Crippen molar-refractivity contribution in [1.29, 1.82) is 0 Å². The smallest absolute Gasteiger partial charge is 0.410 e. The lowest BCUT2D eigenvalue weighted by Crippen LogP contribution is -2.44. The van der Waals surface area contributed by atoms with Crippen LogP contribution in [-0.4, -0.2) is 52.3 Å². The molecule has 1 aliphatic rings. The van der Waals surface area contributed by atoms with Crippen LogP contribution >= 0.6 is 12.8 Å². The fraction of sp³-hybridized carbons (Fsp3) is 0.526. The maximum atomic E-state index is 12.5. The maximum Gasteiger partial charge on any atom is 0.410 e. The Balaban J connectivity index is 1.78. The molecule has 27 heavy (non-hydrogen) atoms. The normalized spacial score (nSPS) is 15.2. The van der Waals surface area contributed by atoms with Crippen LogP contribution in [0.15, 0.2) is 30.3 Å². The van der Waals surface area contributed by atoms with Crippen molar-refractivity contribution in [2.75, 3.05) is 25.0 Å². The van der Waals surface area contributed by atoms with Crippen LogP contribution in [0.1, 0.15) is 33.6 Å². The number of likely N-dealkylation sites (tertiary alicyclic amines) is 1. The van der Waals surface area contributed by atoms with Gasteiger partial charge in [-0.15, -0.1) is 0 Å². The molecule has 2 rings (SSSR count). The zero-order chi connectivity index (χ0) is 20.0. The van der Waals surface area contributed by atoms with Crippen LogP contribution in [0.3, 0.4) is 0 Å². The predicted octanol–water partition coefficient (Wildman–Crippen LogP) is 3.58. The van der Waals surface area contributed by atoms with Gasteiger partial charge < -0.3 is 15.0 Å². The Labute approximate surface area is 165 Å². The number of urea groups is 1.